The lowest BCUT2D eigenvalue weighted by atomic mass is 9.77. The fourth-order valence-electron chi connectivity index (χ4n) is 7.61. The Labute approximate surface area is 306 Å². The fraction of sp³-hybridized carbons (Fsp3) is 0.525. The summed E-state index contributed by atoms with van der Waals surface area (Å²) in [6.45, 7) is 9.73. The summed E-state index contributed by atoms with van der Waals surface area (Å²) in [5.74, 6) is -3.00. The molecule has 1 aliphatic heterocycles. The van der Waals surface area contributed by atoms with Crippen LogP contribution in [0.1, 0.15) is 84.1 Å². The molecular formula is C40H48N4O7S. The van der Waals surface area contributed by atoms with Crippen molar-refractivity contribution in [1.82, 2.24) is 9.62 Å². The van der Waals surface area contributed by atoms with E-state index in [0.29, 0.717) is 18.4 Å². The molecule has 276 valence electrons. The number of allylic oxidation sites excluding steroid dienone is 1. The molecule has 3 saturated carbocycles. The van der Waals surface area contributed by atoms with Gasteiger partial charge in [0.2, 0.25) is 21.8 Å². The number of sulfonamides is 1. The largest absolute Gasteiger partial charge is 0.462 e. The number of carbonyl (C=O) groups is 4. The number of rotatable bonds is 13. The van der Waals surface area contributed by atoms with Crippen LogP contribution in [-0.2, 0) is 33.9 Å². The van der Waals surface area contributed by atoms with Gasteiger partial charge in [0.25, 0.3) is 0 Å². The maximum absolute atomic E-state index is 14.6. The minimum atomic E-state index is -3.84. The van der Waals surface area contributed by atoms with Crippen molar-refractivity contribution < 1.29 is 32.3 Å². The van der Waals surface area contributed by atoms with Crippen LogP contribution < -0.4 is 9.62 Å². The van der Waals surface area contributed by atoms with Gasteiger partial charge in [-0.1, -0.05) is 51.1 Å². The van der Waals surface area contributed by atoms with Gasteiger partial charge in [0, 0.05) is 18.7 Å². The van der Waals surface area contributed by atoms with Gasteiger partial charge >= 0.3 is 5.97 Å². The Kier molecular flexibility index (Phi) is 10.4. The predicted molar refractivity (Wildman–Crippen MR) is 196 cm³/mol. The highest BCUT2D eigenvalue weighted by molar-refractivity contribution is 7.90. The number of amides is 2. The molecule has 3 aliphatic carbocycles. The van der Waals surface area contributed by atoms with Crippen LogP contribution in [0.5, 0.6) is 0 Å². The van der Waals surface area contributed by atoms with Crippen LogP contribution in [0.4, 0.5) is 5.69 Å². The summed E-state index contributed by atoms with van der Waals surface area (Å²) in [7, 11) is -3.84. The van der Waals surface area contributed by atoms with Gasteiger partial charge < -0.3 is 14.5 Å². The highest BCUT2D eigenvalue weighted by Gasteiger charge is 2.61. The summed E-state index contributed by atoms with van der Waals surface area (Å²) < 4.78 is 33.4. The van der Waals surface area contributed by atoms with Crippen LogP contribution in [-0.4, -0.2) is 67.5 Å². The number of anilines is 1. The van der Waals surface area contributed by atoms with E-state index in [2.05, 4.69) is 17.4 Å². The molecule has 1 heterocycles. The molecule has 0 aromatic heterocycles. The smallest absolute Gasteiger partial charge is 0.306 e. The Bertz CT molecular complexity index is 1870. The SMILES string of the molecule is C=C[C@@H]1C[C@]1(CC(=O)[C@@H]1CN(c2ccc(-c3ccc(C#N)cc3)cc2)CN1C(=O)[C@@H](CC(=O)OC1CCCC1)C(C)(C)C)C(=O)NS(=O)(=O)C1CC1. The molecule has 4 aliphatic rings. The number of hydrogen-bond donors (Lipinski definition) is 1. The average Bonchev–Trinajstić information content (AvgIpc) is 3.99. The van der Waals surface area contributed by atoms with Gasteiger partial charge in [0.05, 0.1) is 41.3 Å². The number of esters is 1. The van der Waals surface area contributed by atoms with Crippen LogP contribution in [0.15, 0.2) is 61.2 Å². The number of Topliss-reactive ketones (excluding diaryl/α,β-unsaturated/α-hetero) is 1. The molecule has 12 heteroatoms. The fourth-order valence-corrected chi connectivity index (χ4v) is 9.00. The van der Waals surface area contributed by atoms with Crippen LogP contribution in [0.25, 0.3) is 11.1 Å². The zero-order valence-corrected chi connectivity index (χ0v) is 31.0. The van der Waals surface area contributed by atoms with E-state index in [0.717, 1.165) is 42.5 Å². The van der Waals surface area contributed by atoms with Crippen LogP contribution >= 0.6 is 0 Å². The number of nitrogens with zero attached hydrogens (tertiary/aromatic N) is 3. The molecule has 2 aromatic carbocycles. The molecule has 4 fully saturated rings. The third kappa shape index (κ3) is 7.94. The monoisotopic (exact) mass is 728 g/mol. The molecule has 0 bridgehead atoms. The second-order valence-corrected chi connectivity index (χ2v) is 17.9. The first-order valence-electron chi connectivity index (χ1n) is 18.2. The number of ether oxygens (including phenoxy) is 1. The second kappa shape index (κ2) is 14.5. The standard InChI is InChI=1S/C40H48N4O7S/c1-5-29-21-40(29,38(48)42-52(49,50)32-18-19-32)22-35(45)34-24-43(30-16-14-28(15-17-30)27-12-10-26(23-41)11-13-27)25-44(34)37(47)33(39(2,3)4)20-36(46)51-31-8-6-7-9-31/h5,10-17,29,31-34H,1,6-9,18-22,24-25H2,2-4H3,(H,42,48)/t29-,33-,34+,40-/m1/s1. The molecule has 0 radical (unpaired) electrons. The van der Waals surface area contributed by atoms with Crippen molar-refractivity contribution in [2.24, 2.45) is 22.7 Å². The molecule has 6 rings (SSSR count). The maximum atomic E-state index is 14.6. The van der Waals surface area contributed by atoms with E-state index in [1.165, 1.54) is 4.90 Å². The van der Waals surface area contributed by atoms with Crippen molar-refractivity contribution >= 4 is 39.3 Å². The zero-order valence-electron chi connectivity index (χ0n) is 30.2. The van der Waals surface area contributed by atoms with Crippen molar-refractivity contribution in [3.8, 4) is 17.2 Å². The van der Waals surface area contributed by atoms with E-state index in [1.54, 1.807) is 18.2 Å². The highest BCUT2D eigenvalue weighted by Crippen LogP contribution is 2.57. The van der Waals surface area contributed by atoms with Gasteiger partial charge in [-0.05, 0) is 91.7 Å². The van der Waals surface area contributed by atoms with Crippen LogP contribution in [0.3, 0.4) is 0 Å². The average molecular weight is 729 g/mol. The lowest BCUT2D eigenvalue weighted by molar-refractivity contribution is -0.156. The Morgan fingerprint density at radius 3 is 2.17 bits per heavy atom. The summed E-state index contributed by atoms with van der Waals surface area (Å²) in [4.78, 5) is 59.1. The summed E-state index contributed by atoms with van der Waals surface area (Å²) in [5, 5.41) is 8.57. The van der Waals surface area contributed by atoms with E-state index < -0.39 is 49.9 Å². The number of ketones is 1. The molecule has 0 spiro atoms. The second-order valence-electron chi connectivity index (χ2n) is 16.0. The first-order chi connectivity index (χ1) is 24.6. The number of nitriles is 1. The number of nitrogens with one attached hydrogen (secondary N) is 1. The van der Waals surface area contributed by atoms with Crippen molar-refractivity contribution in [1.29, 1.82) is 5.26 Å². The molecule has 1 N–H and O–H groups in total. The summed E-state index contributed by atoms with van der Waals surface area (Å²) in [5.41, 5.74) is 1.30. The Hall–Kier alpha value is -4.50. The Balaban J connectivity index is 1.26. The minimum Gasteiger partial charge on any atom is -0.462 e. The van der Waals surface area contributed by atoms with Gasteiger partial charge in [-0.2, -0.15) is 5.26 Å². The minimum absolute atomic E-state index is 0.0792. The summed E-state index contributed by atoms with van der Waals surface area (Å²) in [6, 6.07) is 16.1. The van der Waals surface area contributed by atoms with E-state index in [-0.39, 0.29) is 56.2 Å². The Morgan fingerprint density at radius 2 is 1.63 bits per heavy atom. The Morgan fingerprint density at radius 1 is 1.02 bits per heavy atom. The predicted octanol–water partition coefficient (Wildman–Crippen LogP) is 5.50. The van der Waals surface area contributed by atoms with E-state index in [4.69, 9.17) is 10.00 Å². The lowest BCUT2D eigenvalue weighted by Crippen LogP contribution is -2.49. The summed E-state index contributed by atoms with van der Waals surface area (Å²) >= 11 is 0. The quantitative estimate of drug-likeness (QED) is 0.208. The van der Waals surface area contributed by atoms with E-state index >= 15 is 0 Å². The van der Waals surface area contributed by atoms with Gasteiger partial charge in [0.1, 0.15) is 12.1 Å². The normalized spacial score (nSPS) is 23.8. The molecule has 0 unspecified atom stereocenters. The molecule has 1 saturated heterocycles. The molecule has 4 atom stereocenters. The van der Waals surface area contributed by atoms with Gasteiger partial charge in [-0.3, -0.25) is 23.9 Å². The van der Waals surface area contributed by atoms with Crippen molar-refractivity contribution in [3.63, 3.8) is 0 Å². The van der Waals surface area contributed by atoms with Gasteiger partial charge in [-0.15, -0.1) is 6.58 Å². The topological polar surface area (TPSA) is 154 Å². The van der Waals surface area contributed by atoms with Crippen LogP contribution in [0.2, 0.25) is 0 Å². The van der Waals surface area contributed by atoms with Crippen LogP contribution in [0, 0.1) is 34.0 Å². The highest BCUT2D eigenvalue weighted by atomic mass is 32.2. The van der Waals surface area contributed by atoms with E-state index in [1.807, 2.05) is 62.1 Å². The molecule has 11 nitrogen and oxygen atoms in total. The van der Waals surface area contributed by atoms with Crippen molar-refractivity contribution in [2.45, 2.75) is 96.0 Å². The maximum Gasteiger partial charge on any atom is 0.306 e. The van der Waals surface area contributed by atoms with E-state index in [9.17, 15) is 27.6 Å². The molecule has 52 heavy (non-hydrogen) atoms. The van der Waals surface area contributed by atoms with Crippen molar-refractivity contribution in [2.75, 3.05) is 18.1 Å². The van der Waals surface area contributed by atoms with Gasteiger partial charge in [-0.25, -0.2) is 8.42 Å². The number of carbonyl (C=O) groups excluding carboxylic acids is 4. The summed E-state index contributed by atoms with van der Waals surface area (Å²) in [6.07, 6.45) is 5.95. The lowest BCUT2D eigenvalue weighted by Gasteiger charge is -2.34. The number of benzene rings is 2. The number of hydrogen-bond acceptors (Lipinski definition) is 9. The first kappa shape index (κ1) is 37.3. The third-order valence-corrected chi connectivity index (χ3v) is 13.0. The zero-order chi connectivity index (χ0) is 37.4. The molecular weight excluding hydrogens is 681 g/mol. The molecule has 2 aromatic rings. The molecule has 2 amide bonds. The van der Waals surface area contributed by atoms with Crippen molar-refractivity contribution in [3.05, 3.63) is 66.7 Å². The van der Waals surface area contributed by atoms with Gasteiger partial charge in [0.15, 0.2) is 5.78 Å². The first-order valence-corrected chi connectivity index (χ1v) is 19.8. The third-order valence-electron chi connectivity index (χ3n) is 11.2.